The smallest absolute Gasteiger partial charge is 0.408 e. The number of aliphatic hydroxyl groups excluding tert-OH is 1. The standard InChI is InChI=1S/C26H43NO6S.C4H10O/c1-19(32-18-21-11-13-22(30-5)14-12-21)17-20(15-16-34-7)9-8-10-23(24(28)31-6)27-25(29)33-26(2,3)4;1-4(2)3-5/h11-14,19-20,23H,8-10,15-18H2,1-7H3,(H,27,29);4-5H,3H2,1-2H3. The zero-order valence-electron chi connectivity index (χ0n) is 25.6. The normalized spacial score (nSPS) is 13.5. The van der Waals surface area contributed by atoms with E-state index in [1.54, 1.807) is 27.9 Å². The molecule has 0 spiro atoms. The second-order valence-electron chi connectivity index (χ2n) is 11.1. The second-order valence-corrected chi connectivity index (χ2v) is 12.1. The number of methoxy groups -OCH3 is 2. The molecule has 1 aromatic carbocycles. The van der Waals surface area contributed by atoms with Gasteiger partial charge in [0.1, 0.15) is 17.4 Å². The lowest BCUT2D eigenvalue weighted by atomic mass is 9.92. The summed E-state index contributed by atoms with van der Waals surface area (Å²) in [6.07, 6.45) is 5.88. The van der Waals surface area contributed by atoms with Crippen molar-refractivity contribution in [3.8, 4) is 5.75 Å². The van der Waals surface area contributed by atoms with E-state index in [1.807, 2.05) is 49.9 Å². The Bertz CT molecular complexity index is 781. The fourth-order valence-corrected chi connectivity index (χ4v) is 4.18. The van der Waals surface area contributed by atoms with Gasteiger partial charge in [0.25, 0.3) is 0 Å². The van der Waals surface area contributed by atoms with Crippen LogP contribution >= 0.6 is 11.8 Å². The fourth-order valence-electron chi connectivity index (χ4n) is 3.61. The third kappa shape index (κ3) is 19.7. The van der Waals surface area contributed by atoms with E-state index < -0.39 is 23.7 Å². The van der Waals surface area contributed by atoms with Crippen LogP contribution in [0.2, 0.25) is 0 Å². The fraction of sp³-hybridized carbons (Fsp3) is 0.733. The highest BCUT2D eigenvalue weighted by Gasteiger charge is 2.25. The summed E-state index contributed by atoms with van der Waals surface area (Å²) in [6, 6.07) is 7.19. The summed E-state index contributed by atoms with van der Waals surface area (Å²) in [6.45, 7) is 12.3. The molecule has 0 fully saturated rings. The number of carbonyl (C=O) groups excluding carboxylic acids is 2. The van der Waals surface area contributed by atoms with Gasteiger partial charge in [-0.05, 0) is 88.5 Å². The number of hydrogen-bond acceptors (Lipinski definition) is 8. The number of aliphatic hydroxyl groups is 1. The molecule has 0 aliphatic rings. The van der Waals surface area contributed by atoms with Gasteiger partial charge in [0.05, 0.1) is 26.9 Å². The average Bonchev–Trinajstić information content (AvgIpc) is 2.88. The minimum absolute atomic E-state index is 0.116. The molecule has 0 aliphatic carbocycles. The lowest BCUT2D eigenvalue weighted by Gasteiger charge is -2.24. The molecule has 0 bridgehead atoms. The molecule has 0 saturated heterocycles. The molecule has 3 atom stereocenters. The number of benzene rings is 1. The Labute approximate surface area is 240 Å². The van der Waals surface area contributed by atoms with Crippen molar-refractivity contribution < 1.29 is 33.6 Å². The van der Waals surface area contributed by atoms with Gasteiger partial charge in [-0.2, -0.15) is 11.8 Å². The van der Waals surface area contributed by atoms with Gasteiger partial charge in [0, 0.05) is 6.61 Å². The molecule has 226 valence electrons. The zero-order chi connectivity index (χ0) is 29.8. The third-order valence-corrected chi connectivity index (χ3v) is 6.38. The summed E-state index contributed by atoms with van der Waals surface area (Å²) < 4.78 is 21.5. The SMILES string of the molecule is CC(C)CO.COC(=O)C(CCCC(CCSC)CC(C)OCc1ccc(OC)cc1)NC(=O)OC(C)(C)C. The molecule has 0 heterocycles. The predicted octanol–water partition coefficient (Wildman–Crippen LogP) is 6.23. The molecule has 39 heavy (non-hydrogen) atoms. The second kappa shape index (κ2) is 20.9. The van der Waals surface area contributed by atoms with Crippen LogP contribution in [0.4, 0.5) is 4.79 Å². The number of thioether (sulfide) groups is 1. The van der Waals surface area contributed by atoms with E-state index in [9.17, 15) is 9.59 Å². The highest BCUT2D eigenvalue weighted by atomic mass is 32.2. The van der Waals surface area contributed by atoms with Gasteiger partial charge in [0.2, 0.25) is 0 Å². The number of rotatable bonds is 16. The van der Waals surface area contributed by atoms with Gasteiger partial charge in [-0.25, -0.2) is 9.59 Å². The number of esters is 1. The highest BCUT2D eigenvalue weighted by molar-refractivity contribution is 7.98. The molecule has 3 unspecified atom stereocenters. The van der Waals surface area contributed by atoms with Crippen LogP contribution in [0.3, 0.4) is 0 Å². The topological polar surface area (TPSA) is 103 Å². The van der Waals surface area contributed by atoms with Crippen molar-refractivity contribution in [1.29, 1.82) is 0 Å². The third-order valence-electron chi connectivity index (χ3n) is 5.74. The first kappa shape index (κ1) is 37.0. The van der Waals surface area contributed by atoms with E-state index in [0.29, 0.717) is 31.5 Å². The number of hydrogen-bond donors (Lipinski definition) is 2. The molecule has 0 aromatic heterocycles. The van der Waals surface area contributed by atoms with Crippen LogP contribution in [-0.4, -0.2) is 67.8 Å². The molecule has 0 radical (unpaired) electrons. The Morgan fingerprint density at radius 2 is 1.64 bits per heavy atom. The lowest BCUT2D eigenvalue weighted by Crippen LogP contribution is -2.44. The Balaban J connectivity index is 0.00000263. The maximum atomic E-state index is 12.2. The molecular formula is C30H53NO7S. The first-order chi connectivity index (χ1) is 18.3. The van der Waals surface area contributed by atoms with Crippen LogP contribution in [0.25, 0.3) is 0 Å². The quantitative estimate of drug-likeness (QED) is 0.225. The molecule has 9 heteroatoms. The van der Waals surface area contributed by atoms with Crippen LogP contribution < -0.4 is 10.1 Å². The molecule has 1 aromatic rings. The van der Waals surface area contributed by atoms with Crippen molar-refractivity contribution in [3.05, 3.63) is 29.8 Å². The van der Waals surface area contributed by atoms with Gasteiger partial charge in [0.15, 0.2) is 0 Å². The monoisotopic (exact) mass is 571 g/mol. The number of nitrogens with one attached hydrogen (secondary N) is 1. The average molecular weight is 572 g/mol. The number of ether oxygens (including phenoxy) is 4. The zero-order valence-corrected chi connectivity index (χ0v) is 26.4. The molecule has 0 saturated carbocycles. The summed E-state index contributed by atoms with van der Waals surface area (Å²) in [4.78, 5) is 24.3. The van der Waals surface area contributed by atoms with E-state index in [0.717, 1.165) is 42.7 Å². The first-order valence-electron chi connectivity index (χ1n) is 13.8. The van der Waals surface area contributed by atoms with Crippen molar-refractivity contribution in [3.63, 3.8) is 0 Å². The van der Waals surface area contributed by atoms with Crippen molar-refractivity contribution in [2.45, 2.75) is 98.0 Å². The predicted molar refractivity (Wildman–Crippen MR) is 159 cm³/mol. The van der Waals surface area contributed by atoms with Gasteiger partial charge in [-0.1, -0.05) is 38.8 Å². The summed E-state index contributed by atoms with van der Waals surface area (Å²) in [5, 5.41) is 10.8. The lowest BCUT2D eigenvalue weighted by molar-refractivity contribution is -0.143. The maximum absolute atomic E-state index is 12.2. The summed E-state index contributed by atoms with van der Waals surface area (Å²) >= 11 is 1.83. The molecule has 8 nitrogen and oxygen atoms in total. The van der Waals surface area contributed by atoms with E-state index >= 15 is 0 Å². The van der Waals surface area contributed by atoms with E-state index in [-0.39, 0.29) is 6.10 Å². The Hall–Kier alpha value is -1.97. The van der Waals surface area contributed by atoms with Gasteiger partial charge >= 0.3 is 12.1 Å². The molecule has 0 aliphatic heterocycles. The summed E-state index contributed by atoms with van der Waals surface area (Å²) in [7, 11) is 2.98. The summed E-state index contributed by atoms with van der Waals surface area (Å²) in [5.74, 6) is 2.36. The highest BCUT2D eigenvalue weighted by Crippen LogP contribution is 2.23. The van der Waals surface area contributed by atoms with Crippen LogP contribution in [-0.2, 0) is 25.6 Å². The maximum Gasteiger partial charge on any atom is 0.408 e. The Morgan fingerprint density at radius 3 is 2.13 bits per heavy atom. The molecule has 1 amide bonds. The molecule has 1 rings (SSSR count). The Kier molecular flexibility index (Phi) is 19.8. The van der Waals surface area contributed by atoms with E-state index in [2.05, 4.69) is 18.5 Å². The number of carbonyl (C=O) groups is 2. The minimum Gasteiger partial charge on any atom is -0.497 e. The van der Waals surface area contributed by atoms with Crippen LogP contribution in [0.15, 0.2) is 24.3 Å². The van der Waals surface area contributed by atoms with Gasteiger partial charge < -0.3 is 29.4 Å². The Morgan fingerprint density at radius 1 is 1.03 bits per heavy atom. The largest absolute Gasteiger partial charge is 0.497 e. The van der Waals surface area contributed by atoms with Crippen LogP contribution in [0, 0.1) is 11.8 Å². The first-order valence-corrected chi connectivity index (χ1v) is 15.2. The van der Waals surface area contributed by atoms with Crippen molar-refractivity contribution in [2.75, 3.05) is 32.8 Å². The van der Waals surface area contributed by atoms with E-state index in [4.69, 9.17) is 24.1 Å². The van der Waals surface area contributed by atoms with Crippen molar-refractivity contribution in [1.82, 2.24) is 5.32 Å². The van der Waals surface area contributed by atoms with Crippen LogP contribution in [0.1, 0.15) is 79.2 Å². The van der Waals surface area contributed by atoms with Crippen molar-refractivity contribution in [2.24, 2.45) is 11.8 Å². The molecule has 2 N–H and O–H groups in total. The van der Waals surface area contributed by atoms with E-state index in [1.165, 1.54) is 7.11 Å². The van der Waals surface area contributed by atoms with Gasteiger partial charge in [-0.15, -0.1) is 0 Å². The van der Waals surface area contributed by atoms with Gasteiger partial charge in [-0.3, -0.25) is 0 Å². The van der Waals surface area contributed by atoms with Crippen LogP contribution in [0.5, 0.6) is 5.75 Å². The number of amides is 1. The minimum atomic E-state index is -0.718. The molecular weight excluding hydrogens is 518 g/mol. The summed E-state index contributed by atoms with van der Waals surface area (Å²) in [5.41, 5.74) is 0.484. The number of alkyl carbamates (subject to hydrolysis) is 1. The van der Waals surface area contributed by atoms with Crippen molar-refractivity contribution >= 4 is 23.8 Å².